The minimum absolute atomic E-state index is 0.0708. The molecule has 8 heteroatoms. The van der Waals surface area contributed by atoms with Crippen molar-refractivity contribution < 1.29 is 18.2 Å². The molecule has 26 heavy (non-hydrogen) atoms. The summed E-state index contributed by atoms with van der Waals surface area (Å²) in [6, 6.07) is 8.70. The molecule has 1 unspecified atom stereocenters. The van der Waals surface area contributed by atoms with Gasteiger partial charge in [0.05, 0.1) is 5.25 Å². The highest BCUT2D eigenvalue weighted by Gasteiger charge is 2.39. The second-order valence-corrected chi connectivity index (χ2v) is 9.91. The van der Waals surface area contributed by atoms with Crippen molar-refractivity contribution in [1.29, 1.82) is 0 Å². The minimum atomic E-state index is -2.63. The molecule has 148 valence electrons. The molecule has 0 aromatic heterocycles. The van der Waals surface area contributed by atoms with Crippen LogP contribution in [0.3, 0.4) is 0 Å². The van der Waals surface area contributed by atoms with E-state index in [0.717, 1.165) is 29.3 Å². The molecule has 0 saturated heterocycles. The number of hydrogen-bond acceptors (Lipinski definition) is 6. The van der Waals surface area contributed by atoms with Crippen LogP contribution in [0.25, 0.3) is 0 Å². The highest BCUT2D eigenvalue weighted by atomic mass is 32.2. The second-order valence-electron chi connectivity index (χ2n) is 5.87. The van der Waals surface area contributed by atoms with Crippen molar-refractivity contribution in [2.75, 3.05) is 32.1 Å². The third-order valence-corrected chi connectivity index (χ3v) is 8.30. The predicted molar refractivity (Wildman–Crippen MR) is 108 cm³/mol. The first-order chi connectivity index (χ1) is 12.5. The summed E-state index contributed by atoms with van der Waals surface area (Å²) in [5, 5.41) is 10.9. The van der Waals surface area contributed by atoms with Crippen LogP contribution in [0.4, 0.5) is 0 Å². The third kappa shape index (κ3) is 8.18. The molecular formula is C18H31NO5SSi. The van der Waals surface area contributed by atoms with Gasteiger partial charge in [0.1, 0.15) is 0 Å². The van der Waals surface area contributed by atoms with Crippen LogP contribution in [0.15, 0.2) is 24.3 Å². The summed E-state index contributed by atoms with van der Waals surface area (Å²) < 4.78 is 17.6. The number of thioether (sulfide) groups is 1. The van der Waals surface area contributed by atoms with Crippen molar-refractivity contribution in [2.24, 2.45) is 0 Å². The van der Waals surface area contributed by atoms with Gasteiger partial charge in [0.25, 0.3) is 0 Å². The van der Waals surface area contributed by atoms with E-state index in [2.05, 4.69) is 0 Å². The monoisotopic (exact) mass is 401 g/mol. The highest BCUT2D eigenvalue weighted by Crippen LogP contribution is 2.31. The molecule has 0 aliphatic rings. The maximum absolute atomic E-state index is 11.0. The van der Waals surface area contributed by atoms with Crippen molar-refractivity contribution in [2.45, 2.75) is 45.4 Å². The topological polar surface area (TPSA) is 70.8 Å². The van der Waals surface area contributed by atoms with Crippen LogP contribution in [0, 0.1) is 17.0 Å². The molecule has 0 aliphatic heterocycles. The fourth-order valence-electron chi connectivity index (χ4n) is 2.69. The van der Waals surface area contributed by atoms with E-state index in [1.807, 2.05) is 52.0 Å². The summed E-state index contributed by atoms with van der Waals surface area (Å²) in [5.41, 5.74) is 2.15. The van der Waals surface area contributed by atoms with Crippen LogP contribution in [0.1, 0.15) is 43.6 Å². The molecule has 0 radical (unpaired) electrons. The average Bonchev–Trinajstić information content (AvgIpc) is 2.59. The molecule has 1 atom stereocenters. The van der Waals surface area contributed by atoms with Gasteiger partial charge >= 0.3 is 8.80 Å². The lowest BCUT2D eigenvalue weighted by Crippen LogP contribution is -2.46. The van der Waals surface area contributed by atoms with Gasteiger partial charge < -0.3 is 13.3 Å². The summed E-state index contributed by atoms with van der Waals surface area (Å²) >= 11 is 1.62. The van der Waals surface area contributed by atoms with Crippen LogP contribution < -0.4 is 0 Å². The predicted octanol–water partition coefficient (Wildman–Crippen LogP) is 4.48. The largest absolute Gasteiger partial charge is 0.500 e. The molecule has 1 rings (SSSR count). The van der Waals surface area contributed by atoms with E-state index in [0.29, 0.717) is 19.8 Å². The van der Waals surface area contributed by atoms with E-state index in [9.17, 15) is 10.1 Å². The van der Waals surface area contributed by atoms with Crippen LogP contribution in [0.5, 0.6) is 0 Å². The van der Waals surface area contributed by atoms with Gasteiger partial charge in [-0.15, -0.1) is 11.8 Å². The van der Waals surface area contributed by atoms with Gasteiger partial charge in [0, 0.05) is 30.8 Å². The van der Waals surface area contributed by atoms with Crippen molar-refractivity contribution in [3.63, 3.8) is 0 Å². The van der Waals surface area contributed by atoms with E-state index in [1.54, 1.807) is 11.8 Å². The number of aryl methyl sites for hydroxylation is 1. The van der Waals surface area contributed by atoms with Gasteiger partial charge in [-0.25, -0.2) is 0 Å². The normalized spacial score (nSPS) is 12.9. The van der Waals surface area contributed by atoms with E-state index in [1.165, 1.54) is 0 Å². The SMILES string of the molecule is CCO[Si](CCCSC(C[N+](=O)[O-])c1ccc(C)cc1)(OCC)OCC. The molecule has 6 nitrogen and oxygen atoms in total. The Morgan fingerprint density at radius 2 is 1.62 bits per heavy atom. The lowest BCUT2D eigenvalue weighted by molar-refractivity contribution is -0.479. The standard InChI is InChI=1S/C18H31NO5SSi/c1-5-22-26(23-6-2,24-7-3)14-8-13-25-18(15-19(20)21)17-11-9-16(4)10-12-17/h9-12,18H,5-8,13-15H2,1-4H3. The Morgan fingerprint density at radius 3 is 2.08 bits per heavy atom. The first kappa shape index (κ1) is 23.1. The highest BCUT2D eigenvalue weighted by molar-refractivity contribution is 7.99. The van der Waals surface area contributed by atoms with Gasteiger partial charge in [-0.05, 0) is 45.4 Å². The Hall–Kier alpha value is -0.933. The Morgan fingerprint density at radius 1 is 1.08 bits per heavy atom. The zero-order chi connectivity index (χ0) is 19.4. The molecule has 1 aromatic carbocycles. The van der Waals surface area contributed by atoms with Gasteiger partial charge in [-0.1, -0.05) is 29.8 Å². The van der Waals surface area contributed by atoms with Crippen LogP contribution in [-0.4, -0.2) is 45.8 Å². The summed E-state index contributed by atoms with van der Waals surface area (Å²) in [5.74, 6) is 0.800. The van der Waals surface area contributed by atoms with Crippen LogP contribution in [0.2, 0.25) is 6.04 Å². The summed E-state index contributed by atoms with van der Waals surface area (Å²) in [6.45, 7) is 9.46. The van der Waals surface area contributed by atoms with Gasteiger partial charge in [-0.2, -0.15) is 0 Å². The molecule has 0 bridgehead atoms. The van der Waals surface area contributed by atoms with Crippen molar-refractivity contribution >= 4 is 20.6 Å². The van der Waals surface area contributed by atoms with E-state index < -0.39 is 8.80 Å². The number of benzene rings is 1. The van der Waals surface area contributed by atoms with Gasteiger partial charge in [0.15, 0.2) is 0 Å². The Labute approximate surface area is 162 Å². The van der Waals surface area contributed by atoms with Crippen molar-refractivity contribution in [3.05, 3.63) is 45.5 Å². The number of rotatable bonds is 14. The fourth-order valence-corrected chi connectivity index (χ4v) is 6.73. The molecule has 0 aliphatic carbocycles. The van der Waals surface area contributed by atoms with Crippen LogP contribution >= 0.6 is 11.8 Å². The molecule has 0 heterocycles. The van der Waals surface area contributed by atoms with E-state index in [-0.39, 0.29) is 16.7 Å². The second kappa shape index (κ2) is 12.5. The number of nitro groups is 1. The summed E-state index contributed by atoms with van der Waals surface area (Å²) in [4.78, 5) is 10.8. The molecule has 0 saturated carbocycles. The molecular weight excluding hydrogens is 370 g/mol. The fraction of sp³-hybridized carbons (Fsp3) is 0.667. The van der Waals surface area contributed by atoms with Crippen molar-refractivity contribution in [3.8, 4) is 0 Å². The maximum Gasteiger partial charge on any atom is 0.500 e. The zero-order valence-corrected chi connectivity index (χ0v) is 18.0. The molecule has 0 amide bonds. The van der Waals surface area contributed by atoms with E-state index in [4.69, 9.17) is 13.3 Å². The Balaban J connectivity index is 2.64. The summed E-state index contributed by atoms with van der Waals surface area (Å²) in [7, 11) is -2.63. The minimum Gasteiger partial charge on any atom is -0.374 e. The molecule has 0 fully saturated rings. The number of hydrogen-bond donors (Lipinski definition) is 0. The molecule has 1 aromatic rings. The smallest absolute Gasteiger partial charge is 0.374 e. The van der Waals surface area contributed by atoms with Crippen molar-refractivity contribution in [1.82, 2.24) is 0 Å². The van der Waals surface area contributed by atoms with Crippen LogP contribution in [-0.2, 0) is 13.3 Å². The average molecular weight is 402 g/mol. The third-order valence-electron chi connectivity index (χ3n) is 3.80. The first-order valence-electron chi connectivity index (χ1n) is 9.18. The quantitative estimate of drug-likeness (QED) is 0.198. The summed E-state index contributed by atoms with van der Waals surface area (Å²) in [6.07, 6.45) is 0.844. The van der Waals surface area contributed by atoms with E-state index >= 15 is 0 Å². The zero-order valence-electron chi connectivity index (χ0n) is 16.2. The Bertz CT molecular complexity index is 512. The molecule has 0 spiro atoms. The Kier molecular flexibility index (Phi) is 11.1. The lowest BCUT2D eigenvalue weighted by Gasteiger charge is -2.28. The lowest BCUT2D eigenvalue weighted by atomic mass is 10.1. The first-order valence-corrected chi connectivity index (χ1v) is 12.2. The van der Waals surface area contributed by atoms with Gasteiger partial charge in [0.2, 0.25) is 6.54 Å². The maximum atomic E-state index is 11.0. The number of nitrogens with zero attached hydrogens (tertiary/aromatic N) is 1. The molecule has 0 N–H and O–H groups in total. The van der Waals surface area contributed by atoms with Gasteiger partial charge in [-0.3, -0.25) is 10.1 Å².